The van der Waals surface area contributed by atoms with Crippen LogP contribution in [0, 0.1) is 0 Å². The molecule has 0 amide bonds. The molecule has 0 aromatic heterocycles. The predicted molar refractivity (Wildman–Crippen MR) is 52.7 cm³/mol. The summed E-state index contributed by atoms with van der Waals surface area (Å²) in [5.74, 6) is 0.366. The molecule has 0 spiro atoms. The van der Waals surface area contributed by atoms with Gasteiger partial charge in [-0.25, -0.2) is 0 Å². The van der Waals surface area contributed by atoms with Gasteiger partial charge in [0.1, 0.15) is 0 Å². The van der Waals surface area contributed by atoms with Crippen molar-refractivity contribution in [1.29, 1.82) is 0 Å². The van der Waals surface area contributed by atoms with Crippen LogP contribution in [0.2, 0.25) is 0 Å². The smallest absolute Gasteiger partial charge is 0.303 e. The van der Waals surface area contributed by atoms with Crippen LogP contribution in [0.1, 0.15) is 19.8 Å². The normalized spacial score (nSPS) is 12.8. The van der Waals surface area contributed by atoms with E-state index >= 15 is 0 Å². The van der Waals surface area contributed by atoms with Gasteiger partial charge in [-0.2, -0.15) is 11.8 Å². The summed E-state index contributed by atoms with van der Waals surface area (Å²) in [4.78, 5) is 10.2. The van der Waals surface area contributed by atoms with Gasteiger partial charge in [-0.1, -0.05) is 0 Å². The zero-order valence-electron chi connectivity index (χ0n) is 7.67. The SMILES string of the molecule is CSCCNC(C)CCC(=O)O. The highest BCUT2D eigenvalue weighted by Gasteiger charge is 2.03. The minimum Gasteiger partial charge on any atom is -0.481 e. The molecular formula is C8H17NO2S. The summed E-state index contributed by atoms with van der Waals surface area (Å²) >= 11 is 1.79. The largest absolute Gasteiger partial charge is 0.481 e. The second-order valence-electron chi connectivity index (χ2n) is 2.78. The fourth-order valence-corrected chi connectivity index (χ4v) is 1.17. The average molecular weight is 191 g/mol. The van der Waals surface area contributed by atoms with Crippen LogP contribution in [0.25, 0.3) is 0 Å². The Bertz CT molecular complexity index is 130. The molecule has 0 rings (SSSR count). The van der Waals surface area contributed by atoms with Crippen molar-refractivity contribution in [3.63, 3.8) is 0 Å². The van der Waals surface area contributed by atoms with Crippen LogP contribution in [0.4, 0.5) is 0 Å². The summed E-state index contributed by atoms with van der Waals surface area (Å²) in [7, 11) is 0. The van der Waals surface area contributed by atoms with E-state index in [4.69, 9.17) is 5.11 Å². The molecule has 0 aliphatic heterocycles. The van der Waals surface area contributed by atoms with E-state index in [-0.39, 0.29) is 6.42 Å². The van der Waals surface area contributed by atoms with Crippen molar-refractivity contribution in [3.05, 3.63) is 0 Å². The molecule has 0 saturated heterocycles. The Labute approximate surface area is 77.9 Å². The van der Waals surface area contributed by atoms with Gasteiger partial charge in [0.2, 0.25) is 0 Å². The Morgan fingerprint density at radius 2 is 2.33 bits per heavy atom. The Morgan fingerprint density at radius 1 is 1.67 bits per heavy atom. The molecule has 0 bridgehead atoms. The molecule has 4 heteroatoms. The molecule has 0 aliphatic carbocycles. The second-order valence-corrected chi connectivity index (χ2v) is 3.77. The van der Waals surface area contributed by atoms with Gasteiger partial charge in [0, 0.05) is 24.8 Å². The lowest BCUT2D eigenvalue weighted by atomic mass is 10.2. The first-order valence-electron chi connectivity index (χ1n) is 4.11. The number of hydrogen-bond acceptors (Lipinski definition) is 3. The maximum atomic E-state index is 10.2. The molecule has 72 valence electrons. The van der Waals surface area contributed by atoms with E-state index in [1.165, 1.54) is 0 Å². The molecule has 2 N–H and O–H groups in total. The lowest BCUT2D eigenvalue weighted by Gasteiger charge is -2.11. The fourth-order valence-electron chi connectivity index (χ4n) is 0.849. The van der Waals surface area contributed by atoms with Crippen LogP contribution in [0.15, 0.2) is 0 Å². The molecule has 0 aromatic carbocycles. The zero-order valence-corrected chi connectivity index (χ0v) is 8.49. The van der Waals surface area contributed by atoms with E-state index < -0.39 is 5.97 Å². The molecule has 0 aliphatic rings. The van der Waals surface area contributed by atoms with E-state index in [0.29, 0.717) is 12.5 Å². The number of carboxylic acid groups (broad SMARTS) is 1. The topological polar surface area (TPSA) is 49.3 Å². The van der Waals surface area contributed by atoms with E-state index in [1.807, 2.05) is 6.92 Å². The molecule has 0 fully saturated rings. The summed E-state index contributed by atoms with van der Waals surface area (Å²) in [6.07, 6.45) is 3.03. The van der Waals surface area contributed by atoms with E-state index in [0.717, 1.165) is 12.3 Å². The fraction of sp³-hybridized carbons (Fsp3) is 0.875. The number of thioether (sulfide) groups is 1. The van der Waals surface area contributed by atoms with Gasteiger partial charge in [-0.3, -0.25) is 4.79 Å². The third kappa shape index (κ3) is 7.88. The molecule has 0 heterocycles. The second kappa shape index (κ2) is 7.43. The maximum Gasteiger partial charge on any atom is 0.303 e. The van der Waals surface area contributed by atoms with E-state index in [1.54, 1.807) is 11.8 Å². The van der Waals surface area contributed by atoms with Crippen molar-refractivity contribution in [2.24, 2.45) is 0 Å². The lowest BCUT2D eigenvalue weighted by Crippen LogP contribution is -2.28. The summed E-state index contributed by atoms with van der Waals surface area (Å²) in [6.45, 7) is 2.98. The third-order valence-electron chi connectivity index (χ3n) is 1.59. The quantitative estimate of drug-likeness (QED) is 0.594. The third-order valence-corrected chi connectivity index (χ3v) is 2.20. The maximum absolute atomic E-state index is 10.2. The van der Waals surface area contributed by atoms with Crippen LogP contribution in [-0.4, -0.2) is 35.7 Å². The Kier molecular flexibility index (Phi) is 7.29. The van der Waals surface area contributed by atoms with Crippen molar-refractivity contribution >= 4 is 17.7 Å². The standard InChI is InChI=1S/C8H17NO2S/c1-7(3-4-8(10)11)9-5-6-12-2/h7,9H,3-6H2,1-2H3,(H,10,11). The van der Waals surface area contributed by atoms with Crippen LogP contribution in [0.3, 0.4) is 0 Å². The number of carboxylic acids is 1. The molecule has 1 unspecified atom stereocenters. The number of rotatable bonds is 7. The van der Waals surface area contributed by atoms with Crippen LogP contribution in [-0.2, 0) is 4.79 Å². The molecule has 12 heavy (non-hydrogen) atoms. The molecular weight excluding hydrogens is 174 g/mol. The van der Waals surface area contributed by atoms with Crippen molar-refractivity contribution < 1.29 is 9.90 Å². The Hall–Kier alpha value is -0.220. The number of carbonyl (C=O) groups is 1. The number of hydrogen-bond donors (Lipinski definition) is 2. The Morgan fingerprint density at radius 3 is 2.83 bits per heavy atom. The monoisotopic (exact) mass is 191 g/mol. The van der Waals surface area contributed by atoms with E-state index in [9.17, 15) is 4.79 Å². The minimum absolute atomic E-state index is 0.257. The van der Waals surface area contributed by atoms with Crippen LogP contribution >= 0.6 is 11.8 Å². The average Bonchev–Trinajstić information content (AvgIpc) is 2.01. The summed E-state index contributed by atoms with van der Waals surface area (Å²) in [5, 5.41) is 11.7. The highest BCUT2D eigenvalue weighted by atomic mass is 32.2. The van der Waals surface area contributed by atoms with Gasteiger partial charge in [0.25, 0.3) is 0 Å². The summed E-state index contributed by atoms with van der Waals surface area (Å²) in [6, 6.07) is 0.313. The minimum atomic E-state index is -0.714. The summed E-state index contributed by atoms with van der Waals surface area (Å²) in [5.41, 5.74) is 0. The van der Waals surface area contributed by atoms with Gasteiger partial charge < -0.3 is 10.4 Å². The molecule has 3 nitrogen and oxygen atoms in total. The summed E-state index contributed by atoms with van der Waals surface area (Å²) < 4.78 is 0. The predicted octanol–water partition coefficient (Wildman–Crippen LogP) is 1.19. The van der Waals surface area contributed by atoms with Crippen molar-refractivity contribution in [1.82, 2.24) is 5.32 Å². The zero-order chi connectivity index (χ0) is 9.40. The lowest BCUT2D eigenvalue weighted by molar-refractivity contribution is -0.137. The molecule has 1 atom stereocenters. The van der Waals surface area contributed by atoms with Crippen molar-refractivity contribution in [2.45, 2.75) is 25.8 Å². The van der Waals surface area contributed by atoms with Crippen molar-refractivity contribution in [3.8, 4) is 0 Å². The van der Waals surface area contributed by atoms with Gasteiger partial charge in [-0.05, 0) is 19.6 Å². The van der Waals surface area contributed by atoms with Gasteiger partial charge in [0.05, 0.1) is 0 Å². The highest BCUT2D eigenvalue weighted by Crippen LogP contribution is 1.96. The highest BCUT2D eigenvalue weighted by molar-refractivity contribution is 7.98. The molecule has 0 radical (unpaired) electrons. The van der Waals surface area contributed by atoms with Crippen molar-refractivity contribution in [2.75, 3.05) is 18.6 Å². The number of aliphatic carboxylic acids is 1. The first kappa shape index (κ1) is 11.8. The van der Waals surface area contributed by atoms with Gasteiger partial charge >= 0.3 is 5.97 Å². The molecule has 0 aromatic rings. The Balaban J connectivity index is 3.21. The van der Waals surface area contributed by atoms with Crippen LogP contribution in [0.5, 0.6) is 0 Å². The first-order chi connectivity index (χ1) is 5.66. The van der Waals surface area contributed by atoms with Gasteiger partial charge in [0.15, 0.2) is 0 Å². The first-order valence-corrected chi connectivity index (χ1v) is 5.50. The van der Waals surface area contributed by atoms with Gasteiger partial charge in [-0.15, -0.1) is 0 Å². The van der Waals surface area contributed by atoms with Crippen LogP contribution < -0.4 is 5.32 Å². The van der Waals surface area contributed by atoms with E-state index in [2.05, 4.69) is 11.6 Å². The molecule has 0 saturated carbocycles. The number of nitrogens with one attached hydrogen (secondary N) is 1.